The predicted molar refractivity (Wildman–Crippen MR) is 102 cm³/mol. The van der Waals surface area contributed by atoms with Gasteiger partial charge in [0.1, 0.15) is 11.3 Å². The van der Waals surface area contributed by atoms with Crippen LogP contribution in [-0.2, 0) is 10.3 Å². The maximum atomic E-state index is 13.0. The lowest BCUT2D eigenvalue weighted by Gasteiger charge is -2.21. The third-order valence-corrected chi connectivity index (χ3v) is 4.84. The number of fused-ring (bicyclic) bond motifs is 1. The molecule has 9 heteroatoms. The molecule has 150 valence electrons. The van der Waals surface area contributed by atoms with Crippen LogP contribution in [0.2, 0.25) is 0 Å². The van der Waals surface area contributed by atoms with Gasteiger partial charge in [0.05, 0.1) is 20.4 Å². The molecule has 1 N–H and O–H groups in total. The summed E-state index contributed by atoms with van der Waals surface area (Å²) >= 11 is 0. The van der Waals surface area contributed by atoms with Crippen LogP contribution in [0.25, 0.3) is 0 Å². The fourth-order valence-electron chi connectivity index (χ4n) is 3.20. The van der Waals surface area contributed by atoms with Crippen LogP contribution in [0.3, 0.4) is 0 Å². The smallest absolute Gasteiger partial charge is 0.346 e. The molecule has 9 nitrogen and oxygen atoms in total. The van der Waals surface area contributed by atoms with Crippen molar-refractivity contribution in [2.24, 2.45) is 5.10 Å². The predicted octanol–water partition coefficient (Wildman–Crippen LogP) is 2.23. The van der Waals surface area contributed by atoms with Crippen molar-refractivity contribution in [3.8, 4) is 23.0 Å². The van der Waals surface area contributed by atoms with Gasteiger partial charge >= 0.3 is 6.03 Å². The van der Waals surface area contributed by atoms with Crippen molar-refractivity contribution in [3.05, 3.63) is 47.5 Å². The van der Waals surface area contributed by atoms with Crippen molar-refractivity contribution >= 4 is 18.2 Å². The number of urea groups is 1. The van der Waals surface area contributed by atoms with Crippen LogP contribution < -0.4 is 24.3 Å². The van der Waals surface area contributed by atoms with Crippen molar-refractivity contribution in [3.63, 3.8) is 0 Å². The maximum absolute atomic E-state index is 13.0. The van der Waals surface area contributed by atoms with E-state index in [1.54, 1.807) is 50.4 Å². The molecule has 1 atom stereocenters. The molecule has 0 spiro atoms. The van der Waals surface area contributed by atoms with Crippen LogP contribution in [0, 0.1) is 0 Å². The summed E-state index contributed by atoms with van der Waals surface area (Å²) in [6.45, 7) is 1.73. The quantitative estimate of drug-likeness (QED) is 0.614. The van der Waals surface area contributed by atoms with Gasteiger partial charge in [-0.2, -0.15) is 5.10 Å². The van der Waals surface area contributed by atoms with Gasteiger partial charge in [-0.1, -0.05) is 12.1 Å². The molecule has 2 aliphatic rings. The fraction of sp³-hybridized carbons (Fsp3) is 0.250. The van der Waals surface area contributed by atoms with Crippen LogP contribution >= 0.6 is 0 Å². The van der Waals surface area contributed by atoms with Crippen LogP contribution in [0.5, 0.6) is 23.0 Å². The molecule has 2 aromatic rings. The van der Waals surface area contributed by atoms with Crippen LogP contribution in [-0.4, -0.2) is 44.2 Å². The average molecular weight is 397 g/mol. The first-order valence-electron chi connectivity index (χ1n) is 8.79. The molecule has 0 aromatic heterocycles. The van der Waals surface area contributed by atoms with Gasteiger partial charge in [-0.15, -0.1) is 5.01 Å². The van der Waals surface area contributed by atoms with Crippen molar-refractivity contribution in [1.29, 1.82) is 0 Å². The highest BCUT2D eigenvalue weighted by molar-refractivity contribution is 6.07. The minimum Gasteiger partial charge on any atom is -0.497 e. The van der Waals surface area contributed by atoms with Gasteiger partial charge in [-0.05, 0) is 36.8 Å². The van der Waals surface area contributed by atoms with E-state index in [1.165, 1.54) is 13.3 Å². The summed E-state index contributed by atoms with van der Waals surface area (Å²) in [4.78, 5) is 25.4. The van der Waals surface area contributed by atoms with E-state index in [-0.39, 0.29) is 6.79 Å². The Bertz CT molecular complexity index is 1000. The van der Waals surface area contributed by atoms with E-state index in [4.69, 9.17) is 18.9 Å². The minimum atomic E-state index is -1.23. The van der Waals surface area contributed by atoms with Gasteiger partial charge in [0.2, 0.25) is 12.5 Å². The Hall–Kier alpha value is -3.75. The topological polar surface area (TPSA) is 98.7 Å². The van der Waals surface area contributed by atoms with Crippen LogP contribution in [0.4, 0.5) is 4.79 Å². The lowest BCUT2D eigenvalue weighted by molar-refractivity contribution is -0.131. The van der Waals surface area contributed by atoms with Gasteiger partial charge in [0, 0.05) is 5.56 Å². The maximum Gasteiger partial charge on any atom is 0.346 e. The van der Waals surface area contributed by atoms with Crippen molar-refractivity contribution in [2.45, 2.75) is 12.5 Å². The second-order valence-corrected chi connectivity index (χ2v) is 6.60. The Labute approximate surface area is 166 Å². The third-order valence-electron chi connectivity index (χ3n) is 4.84. The molecule has 0 saturated carbocycles. The lowest BCUT2D eigenvalue weighted by Crippen LogP contribution is -2.40. The van der Waals surface area contributed by atoms with Crippen LogP contribution in [0.1, 0.15) is 18.1 Å². The zero-order valence-corrected chi connectivity index (χ0v) is 16.1. The minimum absolute atomic E-state index is 0.0967. The summed E-state index contributed by atoms with van der Waals surface area (Å²) in [6, 6.07) is 9.67. The number of hydrogen-bond acceptors (Lipinski definition) is 7. The molecule has 1 fully saturated rings. The first-order valence-corrected chi connectivity index (χ1v) is 8.79. The lowest BCUT2D eigenvalue weighted by atomic mass is 9.92. The van der Waals surface area contributed by atoms with Crippen molar-refractivity contribution in [1.82, 2.24) is 10.3 Å². The molecular weight excluding hydrogens is 378 g/mol. The first kappa shape index (κ1) is 18.6. The molecule has 2 heterocycles. The second-order valence-electron chi connectivity index (χ2n) is 6.60. The van der Waals surface area contributed by atoms with Crippen LogP contribution in [0.15, 0.2) is 41.5 Å². The molecular formula is C20H19N3O6. The van der Waals surface area contributed by atoms with E-state index in [0.29, 0.717) is 34.1 Å². The molecule has 3 amide bonds. The first-order chi connectivity index (χ1) is 14.0. The van der Waals surface area contributed by atoms with Crippen molar-refractivity contribution in [2.75, 3.05) is 21.0 Å². The molecule has 2 aromatic carbocycles. The van der Waals surface area contributed by atoms with Gasteiger partial charge < -0.3 is 24.3 Å². The number of carbonyl (C=O) groups excluding carboxylic acids is 2. The summed E-state index contributed by atoms with van der Waals surface area (Å²) in [5, 5.41) is 7.59. The summed E-state index contributed by atoms with van der Waals surface area (Å²) in [5.74, 6) is 1.65. The molecule has 0 bridgehead atoms. The molecule has 0 aliphatic carbocycles. The highest BCUT2D eigenvalue weighted by Gasteiger charge is 2.49. The Morgan fingerprint density at radius 2 is 1.90 bits per heavy atom. The van der Waals surface area contributed by atoms with E-state index in [0.717, 1.165) is 5.01 Å². The molecule has 0 radical (unpaired) electrons. The molecule has 1 saturated heterocycles. The highest BCUT2D eigenvalue weighted by Crippen LogP contribution is 2.41. The van der Waals surface area contributed by atoms with Crippen molar-refractivity contribution < 1.29 is 28.5 Å². The normalized spacial score (nSPS) is 20.3. The number of hydrazone groups is 1. The Balaban J connectivity index is 1.59. The molecule has 4 rings (SSSR count). The summed E-state index contributed by atoms with van der Waals surface area (Å²) in [6.07, 6.45) is 1.39. The average Bonchev–Trinajstić information content (AvgIpc) is 3.29. The summed E-state index contributed by atoms with van der Waals surface area (Å²) < 4.78 is 21.1. The standard InChI is InChI=1S/C20H19N3O6/c1-20(13-4-6-14(26-2)7-5-13)18(24)23(19(25)22-20)21-10-12-8-15(27-3)17-16(9-12)28-11-29-17/h4-10H,11H2,1-3H3,(H,22,25)/b21-10-/t20-/m0/s1. The monoisotopic (exact) mass is 397 g/mol. The fourth-order valence-corrected chi connectivity index (χ4v) is 3.20. The largest absolute Gasteiger partial charge is 0.497 e. The van der Waals surface area contributed by atoms with Gasteiger partial charge in [0.25, 0.3) is 5.91 Å². The Kier molecular flexibility index (Phi) is 4.50. The number of hydrogen-bond donors (Lipinski definition) is 1. The van der Waals surface area contributed by atoms with E-state index < -0.39 is 17.5 Å². The summed E-state index contributed by atoms with van der Waals surface area (Å²) in [5.41, 5.74) is -0.0170. The SMILES string of the molecule is COc1ccc([C@]2(C)NC(=O)N(/N=C\c3cc(OC)c4c(c3)OCO4)C2=O)cc1. The number of carbonyl (C=O) groups is 2. The number of methoxy groups -OCH3 is 2. The van der Waals surface area contributed by atoms with Gasteiger partial charge in [0.15, 0.2) is 11.5 Å². The number of nitrogens with zero attached hydrogens (tertiary/aromatic N) is 2. The number of benzene rings is 2. The Morgan fingerprint density at radius 1 is 1.14 bits per heavy atom. The second kappa shape index (κ2) is 7.01. The van der Waals surface area contributed by atoms with E-state index in [9.17, 15) is 9.59 Å². The zero-order chi connectivity index (χ0) is 20.6. The number of rotatable bonds is 5. The molecule has 0 unspecified atom stereocenters. The third kappa shape index (κ3) is 3.10. The zero-order valence-electron chi connectivity index (χ0n) is 16.1. The molecule has 29 heavy (non-hydrogen) atoms. The summed E-state index contributed by atoms with van der Waals surface area (Å²) in [7, 11) is 3.07. The van der Waals surface area contributed by atoms with E-state index in [1.807, 2.05) is 0 Å². The van der Waals surface area contributed by atoms with Gasteiger partial charge in [-0.25, -0.2) is 4.79 Å². The number of imide groups is 1. The molecule has 2 aliphatic heterocycles. The number of ether oxygens (including phenoxy) is 4. The van der Waals surface area contributed by atoms with E-state index >= 15 is 0 Å². The number of nitrogens with one attached hydrogen (secondary N) is 1. The van der Waals surface area contributed by atoms with Gasteiger partial charge in [-0.3, -0.25) is 4.79 Å². The number of amides is 3. The highest BCUT2D eigenvalue weighted by atomic mass is 16.7. The van der Waals surface area contributed by atoms with E-state index in [2.05, 4.69) is 10.4 Å². The Morgan fingerprint density at radius 3 is 2.59 bits per heavy atom.